The normalized spacial score (nSPS) is 12.5. The highest BCUT2D eigenvalue weighted by molar-refractivity contribution is 7.18. The highest BCUT2D eigenvalue weighted by Gasteiger charge is 2.40. The number of nitrogens with one attached hydrogen (secondary N) is 2. The van der Waals surface area contributed by atoms with Gasteiger partial charge in [0.15, 0.2) is 0 Å². The summed E-state index contributed by atoms with van der Waals surface area (Å²) in [6.45, 7) is 2.24. The lowest BCUT2D eigenvalue weighted by molar-refractivity contribution is -0.125. The molecule has 0 bridgehead atoms. The average Bonchev–Trinajstić information content (AvgIpc) is 2.64. The van der Waals surface area contributed by atoms with Gasteiger partial charge < -0.3 is 10.3 Å². The molecule has 0 saturated carbocycles. The third-order valence-electron chi connectivity index (χ3n) is 3.06. The monoisotopic (exact) mass is 323 g/mol. The molecule has 2 aromatic rings. The molecule has 9 heteroatoms. The third kappa shape index (κ3) is 3.24. The first-order chi connectivity index (χ1) is 9.72. The SMILES string of the molecule is Cc1sc2nc(CNCC(F)(F)C(F)F)[nH]c(=O)c2c1C. The topological polar surface area (TPSA) is 57.8 Å². The van der Waals surface area contributed by atoms with Gasteiger partial charge in [-0.15, -0.1) is 11.3 Å². The predicted octanol–water partition coefficient (Wildman–Crippen LogP) is 2.59. The summed E-state index contributed by atoms with van der Waals surface area (Å²) in [6, 6.07) is 0. The van der Waals surface area contributed by atoms with Crippen LogP contribution in [-0.4, -0.2) is 28.9 Å². The largest absolute Gasteiger partial charge is 0.319 e. The van der Waals surface area contributed by atoms with Crippen molar-refractivity contribution in [3.63, 3.8) is 0 Å². The molecular formula is C12H13F4N3OS. The van der Waals surface area contributed by atoms with E-state index in [0.29, 0.717) is 10.2 Å². The van der Waals surface area contributed by atoms with Crippen LogP contribution in [0.25, 0.3) is 10.2 Å². The molecule has 0 radical (unpaired) electrons. The maximum Gasteiger partial charge on any atom is 0.319 e. The minimum Gasteiger partial charge on any atom is -0.309 e. The van der Waals surface area contributed by atoms with Crippen molar-refractivity contribution >= 4 is 21.6 Å². The van der Waals surface area contributed by atoms with Crippen LogP contribution >= 0.6 is 11.3 Å². The maximum atomic E-state index is 12.7. The van der Waals surface area contributed by atoms with Crippen LogP contribution in [-0.2, 0) is 6.54 Å². The van der Waals surface area contributed by atoms with Gasteiger partial charge in [0.25, 0.3) is 5.56 Å². The molecule has 0 fully saturated rings. The van der Waals surface area contributed by atoms with Crippen LogP contribution in [0.2, 0.25) is 0 Å². The minimum atomic E-state index is -4.11. The van der Waals surface area contributed by atoms with Gasteiger partial charge in [-0.25, -0.2) is 13.8 Å². The summed E-state index contributed by atoms with van der Waals surface area (Å²) in [5, 5.41) is 2.65. The molecular weight excluding hydrogens is 310 g/mol. The number of halogens is 4. The van der Waals surface area contributed by atoms with Crippen LogP contribution in [0.1, 0.15) is 16.3 Å². The van der Waals surface area contributed by atoms with Crippen LogP contribution in [0.5, 0.6) is 0 Å². The Labute approximate surface area is 121 Å². The Hall–Kier alpha value is -1.48. The standard InChI is InChI=1S/C12H13F4N3OS/c1-5-6(2)21-10-8(5)9(20)18-7(19-10)3-17-4-12(15,16)11(13)14/h11,17H,3-4H2,1-2H3,(H,18,19,20). The number of rotatable bonds is 5. The highest BCUT2D eigenvalue weighted by atomic mass is 32.1. The second-order valence-electron chi connectivity index (χ2n) is 4.64. The molecule has 116 valence electrons. The summed E-state index contributed by atoms with van der Waals surface area (Å²) in [5.74, 6) is -3.97. The van der Waals surface area contributed by atoms with Gasteiger partial charge in [-0.3, -0.25) is 4.79 Å². The van der Waals surface area contributed by atoms with Crippen molar-refractivity contribution in [3.05, 3.63) is 26.6 Å². The first kappa shape index (κ1) is 15.9. The van der Waals surface area contributed by atoms with Crippen LogP contribution in [0.3, 0.4) is 0 Å². The fourth-order valence-corrected chi connectivity index (χ4v) is 2.86. The highest BCUT2D eigenvalue weighted by Crippen LogP contribution is 2.25. The van der Waals surface area contributed by atoms with E-state index in [1.54, 1.807) is 6.92 Å². The molecule has 0 aliphatic rings. The van der Waals surface area contributed by atoms with Crippen molar-refractivity contribution in [1.29, 1.82) is 0 Å². The number of thiophene rings is 1. The Kier molecular flexibility index (Phi) is 4.33. The predicted molar refractivity (Wildman–Crippen MR) is 72.4 cm³/mol. The third-order valence-corrected chi connectivity index (χ3v) is 4.16. The van der Waals surface area contributed by atoms with E-state index in [9.17, 15) is 22.4 Å². The lowest BCUT2D eigenvalue weighted by Gasteiger charge is -2.15. The smallest absolute Gasteiger partial charge is 0.309 e. The Morgan fingerprint density at radius 3 is 2.67 bits per heavy atom. The number of aryl methyl sites for hydroxylation is 2. The Bertz CT molecular complexity index is 710. The molecule has 0 aliphatic heterocycles. The average molecular weight is 323 g/mol. The van der Waals surface area contributed by atoms with Crippen LogP contribution < -0.4 is 10.9 Å². The number of hydrogen-bond donors (Lipinski definition) is 2. The summed E-state index contributed by atoms with van der Waals surface area (Å²) in [7, 11) is 0. The molecule has 21 heavy (non-hydrogen) atoms. The molecule has 0 unspecified atom stereocenters. The summed E-state index contributed by atoms with van der Waals surface area (Å²) < 4.78 is 49.5. The summed E-state index contributed by atoms with van der Waals surface area (Å²) in [6.07, 6.45) is -3.73. The number of H-pyrrole nitrogens is 1. The zero-order chi connectivity index (χ0) is 15.8. The second kappa shape index (κ2) is 5.72. The lowest BCUT2D eigenvalue weighted by Crippen LogP contribution is -2.39. The molecule has 2 N–H and O–H groups in total. The Balaban J connectivity index is 2.16. The maximum absolute atomic E-state index is 12.7. The van der Waals surface area contributed by atoms with Crippen LogP contribution in [0.4, 0.5) is 17.6 Å². The van der Waals surface area contributed by atoms with E-state index in [2.05, 4.69) is 15.3 Å². The molecule has 0 atom stereocenters. The molecule has 0 aromatic carbocycles. The van der Waals surface area contributed by atoms with Crippen molar-refractivity contribution in [1.82, 2.24) is 15.3 Å². The number of hydrogen-bond acceptors (Lipinski definition) is 4. The molecule has 0 spiro atoms. The van der Waals surface area contributed by atoms with E-state index in [0.717, 1.165) is 10.4 Å². The van der Waals surface area contributed by atoms with Gasteiger partial charge in [0.2, 0.25) is 0 Å². The fraction of sp³-hybridized carbons (Fsp3) is 0.500. The van der Waals surface area contributed by atoms with Gasteiger partial charge >= 0.3 is 12.3 Å². The first-order valence-electron chi connectivity index (χ1n) is 6.08. The van der Waals surface area contributed by atoms with Crippen molar-refractivity contribution in [2.75, 3.05) is 6.54 Å². The zero-order valence-electron chi connectivity index (χ0n) is 11.3. The Morgan fingerprint density at radius 1 is 1.38 bits per heavy atom. The number of fused-ring (bicyclic) bond motifs is 1. The molecule has 0 amide bonds. The number of aromatic nitrogens is 2. The van der Waals surface area contributed by atoms with Crippen molar-refractivity contribution in [3.8, 4) is 0 Å². The van der Waals surface area contributed by atoms with Gasteiger partial charge in [0.05, 0.1) is 18.5 Å². The second-order valence-corrected chi connectivity index (χ2v) is 5.84. The van der Waals surface area contributed by atoms with Crippen molar-refractivity contribution in [2.24, 2.45) is 0 Å². The van der Waals surface area contributed by atoms with E-state index in [-0.39, 0.29) is 17.9 Å². The number of aromatic amines is 1. The molecule has 2 aromatic heterocycles. The van der Waals surface area contributed by atoms with E-state index in [1.165, 1.54) is 11.3 Å². The van der Waals surface area contributed by atoms with E-state index in [4.69, 9.17) is 0 Å². The Morgan fingerprint density at radius 2 is 2.05 bits per heavy atom. The van der Waals surface area contributed by atoms with Gasteiger partial charge in [0.1, 0.15) is 10.7 Å². The fourth-order valence-electron chi connectivity index (χ4n) is 1.81. The van der Waals surface area contributed by atoms with Crippen molar-refractivity contribution < 1.29 is 17.6 Å². The lowest BCUT2D eigenvalue weighted by atomic mass is 10.2. The molecule has 4 nitrogen and oxygen atoms in total. The number of alkyl halides is 4. The van der Waals surface area contributed by atoms with Gasteiger partial charge in [0, 0.05) is 4.88 Å². The number of nitrogens with zero attached hydrogens (tertiary/aromatic N) is 1. The van der Waals surface area contributed by atoms with Crippen LogP contribution in [0, 0.1) is 13.8 Å². The molecule has 0 aliphatic carbocycles. The summed E-state index contributed by atoms with van der Waals surface area (Å²) in [5.41, 5.74) is 0.465. The van der Waals surface area contributed by atoms with Gasteiger partial charge in [-0.2, -0.15) is 8.78 Å². The zero-order valence-corrected chi connectivity index (χ0v) is 12.1. The first-order valence-corrected chi connectivity index (χ1v) is 6.89. The van der Waals surface area contributed by atoms with Crippen LogP contribution in [0.15, 0.2) is 4.79 Å². The van der Waals surface area contributed by atoms with Crippen molar-refractivity contribution in [2.45, 2.75) is 32.7 Å². The van der Waals surface area contributed by atoms with Gasteiger partial charge in [-0.1, -0.05) is 0 Å². The molecule has 2 heterocycles. The summed E-state index contributed by atoms with van der Waals surface area (Å²) >= 11 is 1.32. The van der Waals surface area contributed by atoms with E-state index in [1.807, 2.05) is 6.92 Å². The summed E-state index contributed by atoms with van der Waals surface area (Å²) in [4.78, 5) is 20.0. The quantitative estimate of drug-likeness (QED) is 0.832. The van der Waals surface area contributed by atoms with E-state index >= 15 is 0 Å². The molecule has 0 saturated heterocycles. The minimum absolute atomic E-state index is 0.138. The molecule has 2 rings (SSSR count). The van der Waals surface area contributed by atoms with E-state index < -0.39 is 18.9 Å². The van der Waals surface area contributed by atoms with Gasteiger partial charge in [-0.05, 0) is 19.4 Å².